The molecule has 7 nitrogen and oxygen atoms in total. The number of amides is 1. The highest BCUT2D eigenvalue weighted by Gasteiger charge is 2.12. The molecule has 0 saturated heterocycles. The van der Waals surface area contributed by atoms with Crippen LogP contribution >= 0.6 is 11.6 Å². The maximum absolute atomic E-state index is 12.1. The average Bonchev–Trinajstić information content (AvgIpc) is 2.86. The summed E-state index contributed by atoms with van der Waals surface area (Å²) < 4.78 is 11.9. The third kappa shape index (κ3) is 5.10. The lowest BCUT2D eigenvalue weighted by molar-refractivity contribution is -0.142. The second-order valence-electron chi connectivity index (χ2n) is 6.00. The van der Waals surface area contributed by atoms with Crippen molar-refractivity contribution in [2.24, 2.45) is 7.05 Å². The number of carbonyl (C=O) groups is 2. The predicted octanol–water partition coefficient (Wildman–Crippen LogP) is 3.20. The Morgan fingerprint density at radius 2 is 2.00 bits per heavy atom. The molecule has 8 heteroatoms. The Balaban J connectivity index is 1.95. The van der Waals surface area contributed by atoms with Crippen molar-refractivity contribution in [1.29, 1.82) is 0 Å². The molecule has 0 aliphatic rings. The quantitative estimate of drug-likeness (QED) is 0.604. The summed E-state index contributed by atoms with van der Waals surface area (Å²) in [6.45, 7) is 5.15. The van der Waals surface area contributed by atoms with Crippen molar-refractivity contribution >= 4 is 35.2 Å². The lowest BCUT2D eigenvalue weighted by Gasteiger charge is -2.12. The van der Waals surface area contributed by atoms with Gasteiger partial charge in [-0.2, -0.15) is 5.10 Å². The van der Waals surface area contributed by atoms with Gasteiger partial charge in [0.1, 0.15) is 5.75 Å². The number of benzene rings is 1. The van der Waals surface area contributed by atoms with Gasteiger partial charge in [0.05, 0.1) is 18.5 Å². The Kier molecular flexibility index (Phi) is 6.63. The predicted molar refractivity (Wildman–Crippen MR) is 104 cm³/mol. The van der Waals surface area contributed by atoms with E-state index >= 15 is 0 Å². The van der Waals surface area contributed by atoms with Crippen LogP contribution in [-0.2, 0) is 21.4 Å². The first-order valence-electron chi connectivity index (χ1n) is 8.22. The molecule has 27 heavy (non-hydrogen) atoms. The lowest BCUT2D eigenvalue weighted by atomic mass is 10.2. The Morgan fingerprint density at radius 3 is 2.59 bits per heavy atom. The SMILES string of the molecule is COc1cc(Cl)c(C)cc1NC(=O)COC(=O)/C=C\c1c(C)nn(C)c1C. The zero-order valence-corrected chi connectivity index (χ0v) is 16.7. The second kappa shape index (κ2) is 8.73. The van der Waals surface area contributed by atoms with Crippen molar-refractivity contribution in [3.05, 3.63) is 45.7 Å². The summed E-state index contributed by atoms with van der Waals surface area (Å²) in [5.74, 6) is -0.676. The van der Waals surface area contributed by atoms with Gasteiger partial charge in [-0.05, 0) is 38.5 Å². The van der Waals surface area contributed by atoms with Gasteiger partial charge in [-0.3, -0.25) is 9.48 Å². The first-order chi connectivity index (χ1) is 12.7. The standard InChI is InChI=1S/C19H22ClN3O4/c1-11-8-16(17(26-5)9-15(11)20)21-18(24)10-27-19(25)7-6-14-12(2)22-23(4)13(14)3/h6-9H,10H2,1-5H3,(H,21,24)/b7-6-. The van der Waals surface area contributed by atoms with E-state index in [1.54, 1.807) is 22.9 Å². The van der Waals surface area contributed by atoms with E-state index in [0.29, 0.717) is 16.5 Å². The number of halogens is 1. The maximum Gasteiger partial charge on any atom is 0.331 e. The summed E-state index contributed by atoms with van der Waals surface area (Å²) >= 11 is 6.04. The first kappa shape index (κ1) is 20.5. The fourth-order valence-electron chi connectivity index (χ4n) is 2.48. The van der Waals surface area contributed by atoms with Crippen LogP contribution < -0.4 is 10.1 Å². The Labute approximate surface area is 162 Å². The number of esters is 1. The topological polar surface area (TPSA) is 82.4 Å². The number of ether oxygens (including phenoxy) is 2. The fraction of sp³-hybridized carbons (Fsp3) is 0.316. The number of anilines is 1. The van der Waals surface area contributed by atoms with E-state index in [1.807, 2.05) is 27.8 Å². The van der Waals surface area contributed by atoms with Gasteiger partial charge in [0.25, 0.3) is 5.91 Å². The number of hydrogen-bond acceptors (Lipinski definition) is 5. The van der Waals surface area contributed by atoms with Crippen LogP contribution in [0.5, 0.6) is 5.75 Å². The number of nitrogens with one attached hydrogen (secondary N) is 1. The van der Waals surface area contributed by atoms with E-state index in [2.05, 4.69) is 10.4 Å². The van der Waals surface area contributed by atoms with E-state index in [1.165, 1.54) is 13.2 Å². The summed E-state index contributed by atoms with van der Waals surface area (Å²) in [5, 5.41) is 7.44. The number of nitrogens with zero attached hydrogens (tertiary/aromatic N) is 2. The summed E-state index contributed by atoms with van der Waals surface area (Å²) in [7, 11) is 3.30. The van der Waals surface area contributed by atoms with Gasteiger partial charge in [-0.25, -0.2) is 4.79 Å². The molecule has 0 radical (unpaired) electrons. The molecule has 2 rings (SSSR count). The van der Waals surface area contributed by atoms with Gasteiger partial charge in [-0.1, -0.05) is 11.6 Å². The van der Waals surface area contributed by atoms with Crippen LogP contribution in [0.1, 0.15) is 22.5 Å². The molecule has 0 saturated carbocycles. The maximum atomic E-state index is 12.1. The molecule has 1 N–H and O–H groups in total. The van der Waals surface area contributed by atoms with Crippen LogP contribution in [0.2, 0.25) is 5.02 Å². The molecular formula is C19H22ClN3O4. The number of methoxy groups -OCH3 is 1. The van der Waals surface area contributed by atoms with E-state index in [9.17, 15) is 9.59 Å². The summed E-state index contributed by atoms with van der Waals surface area (Å²) in [5.41, 5.74) is 3.83. The molecule has 2 aromatic rings. The molecular weight excluding hydrogens is 370 g/mol. The van der Waals surface area contributed by atoms with Crippen LogP contribution in [-0.4, -0.2) is 35.4 Å². The highest BCUT2D eigenvalue weighted by atomic mass is 35.5. The third-order valence-electron chi connectivity index (χ3n) is 4.05. The van der Waals surface area contributed by atoms with Crippen LogP contribution in [0, 0.1) is 20.8 Å². The first-order valence-corrected chi connectivity index (χ1v) is 8.59. The number of rotatable bonds is 6. The molecule has 1 heterocycles. The fourth-order valence-corrected chi connectivity index (χ4v) is 2.64. The lowest BCUT2D eigenvalue weighted by Crippen LogP contribution is -2.20. The van der Waals surface area contributed by atoms with Crippen molar-refractivity contribution in [3.8, 4) is 5.75 Å². The smallest absolute Gasteiger partial charge is 0.331 e. The Morgan fingerprint density at radius 1 is 1.30 bits per heavy atom. The van der Waals surface area contributed by atoms with Crippen molar-refractivity contribution in [3.63, 3.8) is 0 Å². The van der Waals surface area contributed by atoms with Crippen molar-refractivity contribution in [2.45, 2.75) is 20.8 Å². The van der Waals surface area contributed by atoms with Gasteiger partial charge in [0.2, 0.25) is 0 Å². The number of carbonyl (C=O) groups excluding carboxylic acids is 2. The van der Waals surface area contributed by atoms with Crippen LogP contribution in [0.15, 0.2) is 18.2 Å². The van der Waals surface area contributed by atoms with E-state index in [-0.39, 0.29) is 0 Å². The van der Waals surface area contributed by atoms with Crippen molar-refractivity contribution < 1.29 is 19.1 Å². The van der Waals surface area contributed by atoms with Crippen LogP contribution in [0.3, 0.4) is 0 Å². The zero-order valence-electron chi connectivity index (χ0n) is 15.9. The van der Waals surface area contributed by atoms with Crippen molar-refractivity contribution in [2.75, 3.05) is 19.0 Å². The minimum absolute atomic E-state index is 0.418. The number of hydrogen-bond donors (Lipinski definition) is 1. The van der Waals surface area contributed by atoms with E-state index in [4.69, 9.17) is 21.1 Å². The molecule has 0 atom stereocenters. The van der Waals surface area contributed by atoms with Gasteiger partial charge in [0.15, 0.2) is 6.61 Å². The summed E-state index contributed by atoms with van der Waals surface area (Å²) in [6.07, 6.45) is 2.90. The van der Waals surface area contributed by atoms with Gasteiger partial charge < -0.3 is 14.8 Å². The van der Waals surface area contributed by atoms with Crippen LogP contribution in [0.4, 0.5) is 5.69 Å². The summed E-state index contributed by atoms with van der Waals surface area (Å²) in [6, 6.07) is 3.30. The Bertz CT molecular complexity index is 903. The summed E-state index contributed by atoms with van der Waals surface area (Å²) in [4.78, 5) is 23.9. The minimum atomic E-state index is -0.618. The molecule has 0 aliphatic heterocycles. The molecule has 0 aliphatic carbocycles. The largest absolute Gasteiger partial charge is 0.495 e. The van der Waals surface area contributed by atoms with Crippen LogP contribution in [0.25, 0.3) is 6.08 Å². The Hall–Kier alpha value is -2.80. The third-order valence-corrected chi connectivity index (χ3v) is 4.46. The molecule has 1 aromatic carbocycles. The molecule has 0 bridgehead atoms. The monoisotopic (exact) mass is 391 g/mol. The number of aryl methyl sites for hydroxylation is 3. The highest BCUT2D eigenvalue weighted by Crippen LogP contribution is 2.30. The molecule has 0 unspecified atom stereocenters. The second-order valence-corrected chi connectivity index (χ2v) is 6.41. The van der Waals surface area contributed by atoms with Gasteiger partial charge in [-0.15, -0.1) is 0 Å². The zero-order chi connectivity index (χ0) is 20.1. The highest BCUT2D eigenvalue weighted by molar-refractivity contribution is 6.31. The molecule has 0 spiro atoms. The normalized spacial score (nSPS) is 10.9. The minimum Gasteiger partial charge on any atom is -0.495 e. The number of aromatic nitrogens is 2. The van der Waals surface area contributed by atoms with Gasteiger partial charge in [0, 0.05) is 35.5 Å². The molecule has 1 amide bonds. The van der Waals surface area contributed by atoms with Gasteiger partial charge >= 0.3 is 5.97 Å². The molecule has 0 fully saturated rings. The van der Waals surface area contributed by atoms with E-state index < -0.39 is 18.5 Å². The molecule has 1 aromatic heterocycles. The molecule has 144 valence electrons. The average molecular weight is 392 g/mol. The van der Waals surface area contributed by atoms with E-state index in [0.717, 1.165) is 22.5 Å². The van der Waals surface area contributed by atoms with Crippen molar-refractivity contribution in [1.82, 2.24) is 9.78 Å².